The van der Waals surface area contributed by atoms with E-state index in [1.165, 1.54) is 24.3 Å². The van der Waals surface area contributed by atoms with Crippen molar-refractivity contribution >= 4 is 18.0 Å². The van der Waals surface area contributed by atoms with E-state index in [0.717, 1.165) is 10.0 Å². The minimum atomic E-state index is -3.03. The summed E-state index contributed by atoms with van der Waals surface area (Å²) in [5.41, 5.74) is 1.33. The first-order valence-electron chi connectivity index (χ1n) is 5.73. The zero-order chi connectivity index (χ0) is 13.5. The summed E-state index contributed by atoms with van der Waals surface area (Å²) in [6.07, 6.45) is 2.68. The molecule has 1 spiro atoms. The van der Waals surface area contributed by atoms with E-state index in [9.17, 15) is 8.78 Å². The molecule has 0 amide bonds. The van der Waals surface area contributed by atoms with Crippen molar-refractivity contribution in [3.05, 3.63) is 64.7 Å². The number of halogens is 2. The Morgan fingerprint density at radius 3 is 2.79 bits per heavy atom. The van der Waals surface area contributed by atoms with Crippen molar-refractivity contribution in [2.75, 3.05) is 6.61 Å². The van der Waals surface area contributed by atoms with Crippen LogP contribution in [0.25, 0.3) is 0 Å². The predicted octanol–water partition coefficient (Wildman–Crippen LogP) is 2.54. The fourth-order valence-corrected chi connectivity index (χ4v) is 6.84. The molecule has 0 N–H and O–H groups in total. The van der Waals surface area contributed by atoms with E-state index < -0.39 is 13.5 Å². The molecule has 2 nitrogen and oxygen atoms in total. The summed E-state index contributed by atoms with van der Waals surface area (Å²) in [6, 6.07) is 4.50. The average molecular weight is 329 g/mol. The van der Waals surface area contributed by atoms with Gasteiger partial charge in [-0.3, -0.25) is 0 Å². The van der Waals surface area contributed by atoms with E-state index in [1.54, 1.807) is 11.0 Å². The standard InChI is InChI=1S/C14H12F2O2Se/c1-10-6-13(16)4-5-19(17-8-10)14-3-2-12(15)7-11(14)9-18-19/h2-7H,1,8-9H2/b5-4-,13-6+. The first kappa shape index (κ1) is 12.8. The van der Waals surface area contributed by atoms with Crippen LogP contribution in [0, 0.1) is 5.82 Å². The van der Waals surface area contributed by atoms with Crippen LogP contribution < -0.4 is 4.46 Å². The van der Waals surface area contributed by atoms with Gasteiger partial charge in [-0.1, -0.05) is 0 Å². The Morgan fingerprint density at radius 2 is 1.95 bits per heavy atom. The van der Waals surface area contributed by atoms with Gasteiger partial charge in [0.15, 0.2) is 0 Å². The van der Waals surface area contributed by atoms with Crippen molar-refractivity contribution < 1.29 is 16.4 Å². The van der Waals surface area contributed by atoms with Gasteiger partial charge in [0.25, 0.3) is 0 Å². The molecule has 2 heterocycles. The molecule has 0 aliphatic carbocycles. The molecule has 0 aromatic heterocycles. The molecule has 0 saturated carbocycles. The summed E-state index contributed by atoms with van der Waals surface area (Å²) < 4.78 is 39.2. The Kier molecular flexibility index (Phi) is 3.15. The molecule has 3 rings (SSSR count). The topological polar surface area (TPSA) is 18.5 Å². The molecule has 1 unspecified atom stereocenters. The van der Waals surface area contributed by atoms with E-state index >= 15 is 0 Å². The number of allylic oxidation sites excluding steroid dienone is 2. The maximum atomic E-state index is 13.5. The van der Waals surface area contributed by atoms with E-state index in [4.69, 9.17) is 7.64 Å². The van der Waals surface area contributed by atoms with Crippen molar-refractivity contribution in [2.24, 2.45) is 0 Å². The summed E-state index contributed by atoms with van der Waals surface area (Å²) in [6.45, 7) is 4.24. The number of hydrogen-bond acceptors (Lipinski definition) is 2. The predicted molar refractivity (Wildman–Crippen MR) is 70.0 cm³/mol. The van der Waals surface area contributed by atoms with E-state index in [-0.39, 0.29) is 18.3 Å². The number of rotatable bonds is 0. The van der Waals surface area contributed by atoms with E-state index in [0.29, 0.717) is 12.2 Å². The molecule has 1 aromatic rings. The first-order valence-corrected chi connectivity index (χ1v) is 8.97. The van der Waals surface area contributed by atoms with Crippen LogP contribution in [0.2, 0.25) is 0 Å². The molecule has 0 radical (unpaired) electrons. The van der Waals surface area contributed by atoms with Crippen LogP contribution in [-0.4, -0.2) is 20.1 Å². The molecular weight excluding hydrogens is 317 g/mol. The molecule has 2 aliphatic rings. The molecule has 1 atom stereocenters. The third kappa shape index (κ3) is 2.30. The maximum absolute atomic E-state index is 13.5. The summed E-state index contributed by atoms with van der Waals surface area (Å²) in [7, 11) is 0. The summed E-state index contributed by atoms with van der Waals surface area (Å²) >= 11 is -3.03. The van der Waals surface area contributed by atoms with Crippen LogP contribution in [-0.2, 0) is 14.2 Å². The quantitative estimate of drug-likeness (QED) is 0.681. The average Bonchev–Trinajstić information content (AvgIpc) is 2.72. The Labute approximate surface area is 112 Å². The molecule has 0 bridgehead atoms. The summed E-state index contributed by atoms with van der Waals surface area (Å²) in [5.74, 6) is -0.675. The van der Waals surface area contributed by atoms with Crippen LogP contribution in [0.1, 0.15) is 5.56 Å². The van der Waals surface area contributed by atoms with Crippen molar-refractivity contribution in [3.63, 3.8) is 0 Å². The monoisotopic (exact) mass is 330 g/mol. The molecular formula is C14H12F2O2Se. The second-order valence-electron chi connectivity index (χ2n) is 4.31. The molecule has 19 heavy (non-hydrogen) atoms. The Bertz CT molecular complexity index is 609. The molecule has 2 aliphatic heterocycles. The van der Waals surface area contributed by atoms with Crippen molar-refractivity contribution in [3.8, 4) is 0 Å². The van der Waals surface area contributed by atoms with Crippen LogP contribution in [0.4, 0.5) is 8.78 Å². The third-order valence-electron chi connectivity index (χ3n) is 2.89. The van der Waals surface area contributed by atoms with E-state index in [1.807, 2.05) is 0 Å². The van der Waals surface area contributed by atoms with Gasteiger partial charge in [-0.15, -0.1) is 0 Å². The van der Waals surface area contributed by atoms with Crippen LogP contribution >= 0.6 is 0 Å². The molecule has 0 saturated heterocycles. The first-order chi connectivity index (χ1) is 9.09. The van der Waals surface area contributed by atoms with Gasteiger partial charge in [0.2, 0.25) is 0 Å². The third-order valence-corrected chi connectivity index (χ3v) is 8.01. The second-order valence-corrected chi connectivity index (χ2v) is 9.08. The number of benzene rings is 1. The van der Waals surface area contributed by atoms with Crippen LogP contribution in [0.15, 0.2) is 53.3 Å². The van der Waals surface area contributed by atoms with Gasteiger partial charge in [-0.25, -0.2) is 0 Å². The zero-order valence-corrected chi connectivity index (χ0v) is 11.8. The van der Waals surface area contributed by atoms with Gasteiger partial charge in [0.05, 0.1) is 0 Å². The minimum absolute atomic E-state index is 0.217. The zero-order valence-electron chi connectivity index (χ0n) is 10.1. The van der Waals surface area contributed by atoms with Gasteiger partial charge in [0, 0.05) is 0 Å². The Balaban J connectivity index is 2.06. The Hall–Kier alpha value is -1.26. The fourth-order valence-electron chi connectivity index (χ4n) is 2.00. The normalized spacial score (nSPS) is 33.8. The molecule has 100 valence electrons. The SMILES string of the molecule is C=C1/C=C(F)\C=C/[Se]2(OC1)OCc1cc(F)ccc12. The van der Waals surface area contributed by atoms with Gasteiger partial charge in [-0.05, 0) is 0 Å². The van der Waals surface area contributed by atoms with Gasteiger partial charge in [0.1, 0.15) is 0 Å². The number of fused-ring (bicyclic) bond motifs is 2. The van der Waals surface area contributed by atoms with Crippen LogP contribution in [0.5, 0.6) is 0 Å². The number of hydrogen-bond donors (Lipinski definition) is 0. The van der Waals surface area contributed by atoms with Gasteiger partial charge >= 0.3 is 112 Å². The van der Waals surface area contributed by atoms with Crippen molar-refractivity contribution in [1.29, 1.82) is 0 Å². The second kappa shape index (κ2) is 4.69. The fraction of sp³-hybridized carbons (Fsp3) is 0.143. The van der Waals surface area contributed by atoms with E-state index in [2.05, 4.69) is 6.58 Å². The van der Waals surface area contributed by atoms with Crippen molar-refractivity contribution in [2.45, 2.75) is 6.61 Å². The van der Waals surface area contributed by atoms with Crippen LogP contribution in [0.3, 0.4) is 0 Å². The van der Waals surface area contributed by atoms with Gasteiger partial charge < -0.3 is 0 Å². The summed E-state index contributed by atoms with van der Waals surface area (Å²) in [4.78, 5) is 1.67. The van der Waals surface area contributed by atoms with Crippen molar-refractivity contribution in [1.82, 2.24) is 0 Å². The van der Waals surface area contributed by atoms with Gasteiger partial charge in [-0.2, -0.15) is 0 Å². The molecule has 5 heteroatoms. The Morgan fingerprint density at radius 1 is 1.16 bits per heavy atom. The summed E-state index contributed by atoms with van der Waals surface area (Å²) in [5, 5.41) is 0. The molecule has 1 aromatic carbocycles. The molecule has 0 fully saturated rings.